The van der Waals surface area contributed by atoms with Crippen LogP contribution < -0.4 is 5.32 Å². The number of nitrogens with zero attached hydrogens (tertiary/aromatic N) is 1. The lowest BCUT2D eigenvalue weighted by Gasteiger charge is -2.36. The minimum Gasteiger partial charge on any atom is -0.389 e. The summed E-state index contributed by atoms with van der Waals surface area (Å²) in [5.41, 5.74) is -0.655. The Morgan fingerprint density at radius 2 is 2.47 bits per heavy atom. The van der Waals surface area contributed by atoms with Gasteiger partial charge in [-0.05, 0) is 44.7 Å². The molecule has 106 valence electrons. The highest BCUT2D eigenvalue weighted by atomic mass is 32.1. The number of amides is 1. The first-order valence-corrected chi connectivity index (χ1v) is 7.62. The molecular weight excluding hydrogens is 260 g/mol. The normalized spacial score (nSPS) is 26.1. The van der Waals surface area contributed by atoms with Gasteiger partial charge in [0.15, 0.2) is 0 Å². The second-order valence-corrected chi connectivity index (χ2v) is 6.60. The van der Waals surface area contributed by atoms with Crippen molar-refractivity contribution in [2.45, 2.75) is 38.3 Å². The van der Waals surface area contributed by atoms with Crippen molar-refractivity contribution in [3.05, 3.63) is 22.4 Å². The minimum absolute atomic E-state index is 0.0265. The quantitative estimate of drug-likeness (QED) is 0.885. The van der Waals surface area contributed by atoms with Gasteiger partial charge in [-0.25, -0.2) is 0 Å². The van der Waals surface area contributed by atoms with Crippen molar-refractivity contribution in [2.24, 2.45) is 0 Å². The van der Waals surface area contributed by atoms with Crippen LogP contribution in [0.1, 0.15) is 37.6 Å². The highest BCUT2D eigenvalue weighted by Gasteiger charge is 2.29. The molecule has 1 aliphatic heterocycles. The Morgan fingerprint density at radius 1 is 1.68 bits per heavy atom. The van der Waals surface area contributed by atoms with E-state index in [0.29, 0.717) is 13.1 Å². The fourth-order valence-corrected chi connectivity index (χ4v) is 3.29. The maximum Gasteiger partial charge on any atom is 0.234 e. The highest BCUT2D eigenvalue weighted by Crippen LogP contribution is 2.20. The van der Waals surface area contributed by atoms with Gasteiger partial charge in [0.05, 0.1) is 18.2 Å². The molecular formula is C14H22N2O2S. The van der Waals surface area contributed by atoms with Crippen LogP contribution in [0.3, 0.4) is 0 Å². The van der Waals surface area contributed by atoms with Crippen LogP contribution in [0, 0.1) is 0 Å². The zero-order chi connectivity index (χ0) is 13.9. The SMILES string of the molecule is CC(NC(=O)CN1CCCC(C)(O)C1)c1cccs1. The molecule has 2 unspecified atom stereocenters. The summed E-state index contributed by atoms with van der Waals surface area (Å²) in [7, 11) is 0. The maximum atomic E-state index is 12.0. The second-order valence-electron chi connectivity index (χ2n) is 5.62. The summed E-state index contributed by atoms with van der Waals surface area (Å²) in [6, 6.07) is 4.07. The largest absolute Gasteiger partial charge is 0.389 e. The van der Waals surface area contributed by atoms with Crippen molar-refractivity contribution >= 4 is 17.2 Å². The van der Waals surface area contributed by atoms with E-state index in [2.05, 4.69) is 5.32 Å². The van der Waals surface area contributed by atoms with E-state index in [1.165, 1.54) is 4.88 Å². The lowest BCUT2D eigenvalue weighted by Crippen LogP contribution is -2.49. The molecule has 0 bridgehead atoms. The topological polar surface area (TPSA) is 52.6 Å². The van der Waals surface area contributed by atoms with Crippen molar-refractivity contribution in [2.75, 3.05) is 19.6 Å². The van der Waals surface area contributed by atoms with Crippen LogP contribution in [0.4, 0.5) is 0 Å². The summed E-state index contributed by atoms with van der Waals surface area (Å²) >= 11 is 1.65. The Hall–Kier alpha value is -0.910. The van der Waals surface area contributed by atoms with Crippen molar-refractivity contribution in [3.8, 4) is 0 Å². The number of carbonyl (C=O) groups excluding carboxylic acids is 1. The zero-order valence-electron chi connectivity index (χ0n) is 11.6. The molecule has 2 heterocycles. The number of thiophene rings is 1. The van der Waals surface area contributed by atoms with Crippen molar-refractivity contribution in [1.82, 2.24) is 10.2 Å². The number of β-amino-alcohol motifs (C(OH)–C–C–N with tert-alkyl or cyclic N) is 1. The maximum absolute atomic E-state index is 12.0. The van der Waals surface area contributed by atoms with Gasteiger partial charge in [0.25, 0.3) is 0 Å². The van der Waals surface area contributed by atoms with Crippen LogP contribution in [0.5, 0.6) is 0 Å². The first kappa shape index (κ1) is 14.5. The van der Waals surface area contributed by atoms with Gasteiger partial charge in [0.2, 0.25) is 5.91 Å². The van der Waals surface area contributed by atoms with Crippen molar-refractivity contribution < 1.29 is 9.90 Å². The summed E-state index contributed by atoms with van der Waals surface area (Å²) < 4.78 is 0. The third-order valence-corrected chi connectivity index (χ3v) is 4.52. The monoisotopic (exact) mass is 282 g/mol. The van der Waals surface area contributed by atoms with Crippen molar-refractivity contribution in [1.29, 1.82) is 0 Å². The number of nitrogens with one attached hydrogen (secondary N) is 1. The molecule has 0 saturated carbocycles. The minimum atomic E-state index is -0.655. The predicted octanol–water partition coefficient (Wildman–Crippen LogP) is 1.77. The molecule has 0 aliphatic carbocycles. The van der Waals surface area contributed by atoms with Crippen LogP contribution in [0.15, 0.2) is 17.5 Å². The summed E-state index contributed by atoms with van der Waals surface area (Å²) in [5, 5.41) is 15.0. The van der Waals surface area contributed by atoms with Crippen LogP contribution in [0.25, 0.3) is 0 Å². The zero-order valence-corrected chi connectivity index (χ0v) is 12.4. The van der Waals surface area contributed by atoms with E-state index in [1.807, 2.05) is 36.3 Å². The van der Waals surface area contributed by atoms with Gasteiger partial charge < -0.3 is 10.4 Å². The van der Waals surface area contributed by atoms with Crippen LogP contribution in [-0.2, 0) is 4.79 Å². The molecule has 2 N–H and O–H groups in total. The van der Waals surface area contributed by atoms with Crippen LogP contribution in [0.2, 0.25) is 0 Å². The van der Waals surface area contributed by atoms with Crippen molar-refractivity contribution in [3.63, 3.8) is 0 Å². The standard InChI is InChI=1S/C14H22N2O2S/c1-11(12-5-3-8-19-12)15-13(17)9-16-7-4-6-14(2,18)10-16/h3,5,8,11,18H,4,6-7,9-10H2,1-2H3,(H,15,17). The van der Waals surface area contributed by atoms with Gasteiger partial charge in [-0.2, -0.15) is 0 Å². The summed E-state index contributed by atoms with van der Waals surface area (Å²) in [5.74, 6) is 0.0265. The average molecular weight is 282 g/mol. The van der Waals surface area contributed by atoms with E-state index in [4.69, 9.17) is 0 Å². The lowest BCUT2D eigenvalue weighted by atomic mass is 9.95. The molecule has 2 rings (SSSR count). The molecule has 0 spiro atoms. The number of rotatable bonds is 4. The van der Waals surface area contributed by atoms with Crippen LogP contribution in [-0.4, -0.2) is 41.1 Å². The molecule has 1 amide bonds. The van der Waals surface area contributed by atoms with Gasteiger partial charge >= 0.3 is 0 Å². The fraction of sp³-hybridized carbons (Fsp3) is 0.643. The molecule has 1 aliphatic rings. The molecule has 0 radical (unpaired) electrons. The molecule has 1 aromatic heterocycles. The first-order chi connectivity index (χ1) is 8.96. The number of carbonyl (C=O) groups is 1. The van der Waals surface area contributed by atoms with Gasteiger partial charge in [0, 0.05) is 11.4 Å². The smallest absolute Gasteiger partial charge is 0.234 e. The van der Waals surface area contributed by atoms with Gasteiger partial charge in [0.1, 0.15) is 0 Å². The molecule has 2 atom stereocenters. The van der Waals surface area contributed by atoms with Gasteiger partial charge in [-0.1, -0.05) is 6.07 Å². The molecule has 4 nitrogen and oxygen atoms in total. The number of aliphatic hydroxyl groups is 1. The Bertz CT molecular complexity index is 417. The van der Waals surface area contributed by atoms with Gasteiger partial charge in [-0.15, -0.1) is 11.3 Å². The van der Waals surface area contributed by atoms with Crippen LogP contribution >= 0.6 is 11.3 Å². The molecule has 5 heteroatoms. The third kappa shape index (κ3) is 4.30. The number of hydrogen-bond acceptors (Lipinski definition) is 4. The molecule has 1 aromatic rings. The Balaban J connectivity index is 1.81. The summed E-state index contributed by atoms with van der Waals surface area (Å²) in [6.45, 7) is 5.66. The Labute approximate surface area is 118 Å². The fourth-order valence-electron chi connectivity index (χ4n) is 2.56. The average Bonchev–Trinajstić information content (AvgIpc) is 2.80. The van der Waals surface area contributed by atoms with E-state index in [9.17, 15) is 9.90 Å². The molecule has 19 heavy (non-hydrogen) atoms. The van der Waals surface area contributed by atoms with E-state index >= 15 is 0 Å². The number of piperidine rings is 1. The molecule has 1 saturated heterocycles. The predicted molar refractivity (Wildman–Crippen MR) is 77.2 cm³/mol. The summed E-state index contributed by atoms with van der Waals surface area (Å²) in [6.07, 6.45) is 1.76. The van der Waals surface area contributed by atoms with Gasteiger partial charge in [-0.3, -0.25) is 9.69 Å². The highest BCUT2D eigenvalue weighted by molar-refractivity contribution is 7.10. The summed E-state index contributed by atoms with van der Waals surface area (Å²) in [4.78, 5) is 15.2. The third-order valence-electron chi connectivity index (χ3n) is 3.47. The van der Waals surface area contributed by atoms with E-state index in [0.717, 1.165) is 19.4 Å². The van der Waals surface area contributed by atoms with E-state index < -0.39 is 5.60 Å². The van der Waals surface area contributed by atoms with E-state index in [1.54, 1.807) is 11.3 Å². The lowest BCUT2D eigenvalue weighted by molar-refractivity contribution is -0.124. The number of hydrogen-bond donors (Lipinski definition) is 2. The molecule has 1 fully saturated rings. The Morgan fingerprint density at radius 3 is 3.11 bits per heavy atom. The molecule has 0 aromatic carbocycles. The second kappa shape index (κ2) is 6.03. The van der Waals surface area contributed by atoms with E-state index in [-0.39, 0.29) is 11.9 Å². The Kier molecular flexibility index (Phi) is 4.60. The first-order valence-electron chi connectivity index (χ1n) is 6.74. The number of likely N-dealkylation sites (tertiary alicyclic amines) is 1.